The fraction of sp³-hybridized carbons (Fsp3) is 1.00. The zero-order valence-electron chi connectivity index (χ0n) is 11.7. The molecule has 1 heterocycles. The van der Waals surface area contributed by atoms with Crippen LogP contribution in [-0.2, 0) is 0 Å². The van der Waals surface area contributed by atoms with E-state index < -0.39 is 0 Å². The Morgan fingerprint density at radius 2 is 1.12 bits per heavy atom. The summed E-state index contributed by atoms with van der Waals surface area (Å²) in [6, 6.07) is 0. The van der Waals surface area contributed by atoms with Gasteiger partial charge in [0.2, 0.25) is 0 Å². The van der Waals surface area contributed by atoms with Gasteiger partial charge < -0.3 is 4.90 Å². The number of nitrogens with zero attached hydrogens (tertiary/aromatic N) is 1. The normalized spacial score (nSPS) is 26.4. The van der Waals surface area contributed by atoms with E-state index in [0.29, 0.717) is 5.41 Å². The molecule has 0 aromatic heterocycles. The zero-order chi connectivity index (χ0) is 11.9. The minimum absolute atomic E-state index is 0.590. The minimum Gasteiger partial charge on any atom is -0.306 e. The van der Waals surface area contributed by atoms with E-state index in [-0.39, 0.29) is 0 Å². The Morgan fingerprint density at radius 3 is 1.81 bits per heavy atom. The van der Waals surface area contributed by atoms with E-state index >= 15 is 0 Å². The van der Waals surface area contributed by atoms with E-state index in [0.717, 1.165) is 0 Å². The van der Waals surface area contributed by atoms with Gasteiger partial charge >= 0.3 is 0 Å². The minimum atomic E-state index is 0.590. The van der Waals surface area contributed by atoms with Gasteiger partial charge in [0.05, 0.1) is 0 Å². The summed E-state index contributed by atoms with van der Waals surface area (Å²) in [6.45, 7) is 7.52. The Hall–Kier alpha value is -0.0400. The summed E-state index contributed by atoms with van der Waals surface area (Å²) in [5.41, 5.74) is 0.590. The third kappa shape index (κ3) is 6.52. The van der Waals surface area contributed by atoms with Crippen LogP contribution in [0.2, 0.25) is 0 Å². The molecule has 0 bridgehead atoms. The molecular formula is C15H31N. The van der Waals surface area contributed by atoms with Crippen molar-refractivity contribution in [3.63, 3.8) is 0 Å². The molecule has 0 aromatic carbocycles. The molecule has 0 atom stereocenters. The first-order chi connectivity index (χ1) is 7.60. The van der Waals surface area contributed by atoms with Crippen molar-refractivity contribution in [3.8, 4) is 0 Å². The summed E-state index contributed by atoms with van der Waals surface area (Å²) in [7, 11) is 2.28. The van der Waals surface area contributed by atoms with Gasteiger partial charge in [0, 0.05) is 0 Å². The highest BCUT2D eigenvalue weighted by atomic mass is 15.1. The second-order valence-corrected chi connectivity index (χ2v) is 6.44. The van der Waals surface area contributed by atoms with Crippen LogP contribution in [0.4, 0.5) is 0 Å². The second-order valence-electron chi connectivity index (χ2n) is 6.44. The molecule has 1 aliphatic heterocycles. The molecule has 0 N–H and O–H groups in total. The zero-order valence-corrected chi connectivity index (χ0v) is 11.7. The highest BCUT2D eigenvalue weighted by Crippen LogP contribution is 2.30. The lowest BCUT2D eigenvalue weighted by Crippen LogP contribution is -2.21. The molecule has 1 aliphatic rings. The summed E-state index contributed by atoms with van der Waals surface area (Å²) >= 11 is 0. The van der Waals surface area contributed by atoms with Crippen LogP contribution >= 0.6 is 0 Å². The molecule has 0 unspecified atom stereocenters. The topological polar surface area (TPSA) is 3.24 Å². The van der Waals surface area contributed by atoms with Crippen molar-refractivity contribution in [2.75, 3.05) is 20.1 Å². The monoisotopic (exact) mass is 225 g/mol. The van der Waals surface area contributed by atoms with Gasteiger partial charge in [-0.3, -0.25) is 0 Å². The molecule has 0 aromatic rings. The molecule has 1 rings (SSSR count). The van der Waals surface area contributed by atoms with Crippen LogP contribution in [0.25, 0.3) is 0 Å². The SMILES string of the molecule is CN1CCCCCCCC(C)(C)CCCC1. The largest absolute Gasteiger partial charge is 0.306 e. The van der Waals surface area contributed by atoms with Crippen molar-refractivity contribution in [1.82, 2.24) is 4.90 Å². The first-order valence-corrected chi connectivity index (χ1v) is 7.29. The molecule has 1 nitrogen and oxygen atoms in total. The fourth-order valence-electron chi connectivity index (χ4n) is 2.74. The first-order valence-electron chi connectivity index (χ1n) is 7.29. The van der Waals surface area contributed by atoms with Crippen LogP contribution in [0.3, 0.4) is 0 Å². The van der Waals surface area contributed by atoms with E-state index in [2.05, 4.69) is 25.8 Å². The fourth-order valence-corrected chi connectivity index (χ4v) is 2.74. The van der Waals surface area contributed by atoms with Gasteiger partial charge in [0.25, 0.3) is 0 Å². The Kier molecular flexibility index (Phi) is 6.41. The van der Waals surface area contributed by atoms with Crippen molar-refractivity contribution in [2.24, 2.45) is 5.41 Å². The van der Waals surface area contributed by atoms with Gasteiger partial charge in [-0.15, -0.1) is 0 Å². The number of hydrogen-bond donors (Lipinski definition) is 0. The number of rotatable bonds is 0. The summed E-state index contributed by atoms with van der Waals surface area (Å²) < 4.78 is 0. The lowest BCUT2D eigenvalue weighted by Gasteiger charge is -2.24. The van der Waals surface area contributed by atoms with E-state index in [4.69, 9.17) is 0 Å². The van der Waals surface area contributed by atoms with Gasteiger partial charge in [-0.05, 0) is 51.2 Å². The van der Waals surface area contributed by atoms with Crippen molar-refractivity contribution in [1.29, 1.82) is 0 Å². The van der Waals surface area contributed by atoms with E-state index in [1.807, 2.05) is 0 Å². The predicted octanol–water partition coefficient (Wildman–Crippen LogP) is 4.47. The van der Waals surface area contributed by atoms with Crippen molar-refractivity contribution in [3.05, 3.63) is 0 Å². The molecule has 1 saturated heterocycles. The van der Waals surface area contributed by atoms with Gasteiger partial charge in [-0.25, -0.2) is 0 Å². The predicted molar refractivity (Wildman–Crippen MR) is 72.8 cm³/mol. The van der Waals surface area contributed by atoms with Gasteiger partial charge in [-0.1, -0.05) is 46.0 Å². The summed E-state index contributed by atoms with van der Waals surface area (Å²) in [6.07, 6.45) is 12.8. The Morgan fingerprint density at radius 1 is 0.688 bits per heavy atom. The van der Waals surface area contributed by atoms with E-state index in [9.17, 15) is 0 Å². The van der Waals surface area contributed by atoms with Crippen LogP contribution in [0.1, 0.15) is 71.6 Å². The van der Waals surface area contributed by atoms with Gasteiger partial charge in [0.1, 0.15) is 0 Å². The molecule has 1 fully saturated rings. The van der Waals surface area contributed by atoms with Crippen LogP contribution in [-0.4, -0.2) is 25.0 Å². The Labute approximate surface area is 103 Å². The maximum absolute atomic E-state index is 2.52. The van der Waals surface area contributed by atoms with Crippen molar-refractivity contribution in [2.45, 2.75) is 71.6 Å². The molecule has 0 spiro atoms. The van der Waals surface area contributed by atoms with Gasteiger partial charge in [0.15, 0.2) is 0 Å². The molecule has 16 heavy (non-hydrogen) atoms. The third-order valence-corrected chi connectivity index (χ3v) is 4.04. The molecule has 0 amide bonds. The summed E-state index contributed by atoms with van der Waals surface area (Å²) in [4.78, 5) is 2.52. The van der Waals surface area contributed by atoms with E-state index in [1.165, 1.54) is 70.9 Å². The molecule has 0 aliphatic carbocycles. The smallest absolute Gasteiger partial charge is 0.00218 e. The quantitative estimate of drug-likeness (QED) is 0.588. The van der Waals surface area contributed by atoms with Crippen LogP contribution < -0.4 is 0 Å². The second kappa shape index (κ2) is 7.32. The van der Waals surface area contributed by atoms with Crippen molar-refractivity contribution < 1.29 is 0 Å². The lowest BCUT2D eigenvalue weighted by molar-refractivity contribution is 0.272. The van der Waals surface area contributed by atoms with Crippen LogP contribution in [0.15, 0.2) is 0 Å². The Balaban J connectivity index is 2.32. The summed E-state index contributed by atoms with van der Waals surface area (Å²) in [5.74, 6) is 0. The van der Waals surface area contributed by atoms with Crippen molar-refractivity contribution >= 4 is 0 Å². The molecule has 0 radical (unpaired) electrons. The number of hydrogen-bond acceptors (Lipinski definition) is 1. The first kappa shape index (κ1) is 14.0. The summed E-state index contributed by atoms with van der Waals surface area (Å²) in [5, 5.41) is 0. The maximum atomic E-state index is 2.52. The standard InChI is InChI=1S/C15H31N/c1-15(2)11-7-5-4-6-9-13-16(3)14-10-8-12-15/h4-14H2,1-3H3. The van der Waals surface area contributed by atoms with E-state index in [1.54, 1.807) is 0 Å². The highest BCUT2D eigenvalue weighted by molar-refractivity contribution is 4.69. The molecular weight excluding hydrogens is 194 g/mol. The van der Waals surface area contributed by atoms with Crippen LogP contribution in [0.5, 0.6) is 0 Å². The van der Waals surface area contributed by atoms with Gasteiger partial charge in [-0.2, -0.15) is 0 Å². The molecule has 0 saturated carbocycles. The molecule has 1 heteroatoms. The molecule has 96 valence electrons. The highest BCUT2D eigenvalue weighted by Gasteiger charge is 2.16. The average molecular weight is 225 g/mol. The van der Waals surface area contributed by atoms with Crippen LogP contribution in [0, 0.1) is 5.41 Å². The average Bonchev–Trinajstić information content (AvgIpc) is 2.23. The Bertz CT molecular complexity index is 174. The lowest BCUT2D eigenvalue weighted by atomic mass is 9.82. The maximum Gasteiger partial charge on any atom is -0.00218 e. The third-order valence-electron chi connectivity index (χ3n) is 4.04.